The molecule has 6 nitrogen and oxygen atoms in total. The lowest BCUT2D eigenvalue weighted by molar-refractivity contribution is 0.0589. The molecule has 1 aromatic carbocycles. The van der Waals surface area contributed by atoms with Gasteiger partial charge in [0, 0.05) is 19.2 Å². The lowest BCUT2D eigenvalue weighted by Crippen LogP contribution is -2.34. The number of methoxy groups -OCH3 is 3. The van der Waals surface area contributed by atoms with Crippen molar-refractivity contribution in [2.24, 2.45) is 0 Å². The van der Waals surface area contributed by atoms with E-state index in [-0.39, 0.29) is 0 Å². The molecular weight excluding hydrogens is 274 g/mol. The second kappa shape index (κ2) is 6.56. The van der Waals surface area contributed by atoms with Gasteiger partial charge in [0.05, 0.1) is 27.0 Å². The summed E-state index contributed by atoms with van der Waals surface area (Å²) >= 11 is 0. The van der Waals surface area contributed by atoms with E-state index in [0.717, 1.165) is 0 Å². The van der Waals surface area contributed by atoms with Crippen molar-refractivity contribution in [2.45, 2.75) is 26.4 Å². The summed E-state index contributed by atoms with van der Waals surface area (Å²) in [5.74, 6) is 1.42. The number of hydrogen-bond donors (Lipinski definition) is 0. The average molecular weight is 297 g/mol. The zero-order chi connectivity index (χ0) is 16.2. The van der Waals surface area contributed by atoms with Crippen molar-refractivity contribution in [2.75, 3.05) is 33.3 Å². The summed E-state index contributed by atoms with van der Waals surface area (Å²) in [5.41, 5.74) is 0.0187. The number of carbonyl (C=O) groups excluding carboxylic acids is 1. The molecule has 0 bridgehead atoms. The van der Waals surface area contributed by atoms with Crippen LogP contribution in [0.2, 0.25) is 0 Å². The van der Waals surface area contributed by atoms with Gasteiger partial charge in [-0.1, -0.05) is 0 Å². The van der Waals surface area contributed by atoms with Crippen LogP contribution in [0, 0.1) is 0 Å². The third kappa shape index (κ3) is 4.18. The largest absolute Gasteiger partial charge is 0.493 e. The second-order valence-corrected chi connectivity index (χ2v) is 5.42. The molecule has 0 unspecified atom stereocenters. The molecule has 0 saturated carbocycles. The normalized spacial score (nSPS) is 10.8. The Morgan fingerprint density at radius 3 is 1.81 bits per heavy atom. The maximum Gasteiger partial charge on any atom is 0.414 e. The number of nitrogens with zero attached hydrogens (tertiary/aromatic N) is 1. The summed E-state index contributed by atoms with van der Waals surface area (Å²) in [7, 11) is 6.19. The Balaban J connectivity index is 3.15. The first-order valence-corrected chi connectivity index (χ1v) is 6.50. The summed E-state index contributed by atoms with van der Waals surface area (Å²) in [6, 6.07) is 3.37. The highest BCUT2D eigenvalue weighted by Gasteiger charge is 2.23. The Labute approximate surface area is 125 Å². The van der Waals surface area contributed by atoms with Crippen molar-refractivity contribution >= 4 is 11.8 Å². The Morgan fingerprint density at radius 1 is 1.00 bits per heavy atom. The first-order chi connectivity index (χ1) is 9.73. The molecule has 21 heavy (non-hydrogen) atoms. The zero-order valence-electron chi connectivity index (χ0n) is 13.6. The van der Waals surface area contributed by atoms with Crippen molar-refractivity contribution < 1.29 is 23.7 Å². The molecule has 0 fully saturated rings. The van der Waals surface area contributed by atoms with Crippen LogP contribution in [0.25, 0.3) is 0 Å². The van der Waals surface area contributed by atoms with Crippen molar-refractivity contribution in [3.8, 4) is 17.2 Å². The molecule has 0 aliphatic rings. The smallest absolute Gasteiger partial charge is 0.414 e. The number of carbonyl (C=O) groups is 1. The number of amides is 1. The van der Waals surface area contributed by atoms with E-state index in [1.165, 1.54) is 26.2 Å². The van der Waals surface area contributed by atoms with Gasteiger partial charge in [0.25, 0.3) is 0 Å². The molecule has 1 aromatic rings. The van der Waals surface area contributed by atoms with Gasteiger partial charge in [0.15, 0.2) is 11.5 Å². The first kappa shape index (κ1) is 16.9. The monoisotopic (exact) mass is 297 g/mol. The number of rotatable bonds is 4. The fourth-order valence-electron chi connectivity index (χ4n) is 1.70. The molecule has 0 aliphatic carbocycles. The number of ether oxygens (including phenoxy) is 4. The van der Waals surface area contributed by atoms with Crippen LogP contribution in [0.15, 0.2) is 12.1 Å². The van der Waals surface area contributed by atoms with Crippen molar-refractivity contribution in [1.29, 1.82) is 0 Å². The molecule has 118 valence electrons. The lowest BCUT2D eigenvalue weighted by atomic mass is 10.2. The molecule has 0 radical (unpaired) electrons. The molecule has 0 aliphatic heterocycles. The van der Waals surface area contributed by atoms with E-state index >= 15 is 0 Å². The highest BCUT2D eigenvalue weighted by atomic mass is 16.6. The fraction of sp³-hybridized carbons (Fsp3) is 0.533. The first-order valence-electron chi connectivity index (χ1n) is 6.50. The van der Waals surface area contributed by atoms with Crippen molar-refractivity contribution in [1.82, 2.24) is 0 Å². The summed E-state index contributed by atoms with van der Waals surface area (Å²) in [6.07, 6.45) is -0.461. The van der Waals surface area contributed by atoms with Crippen LogP contribution in [-0.4, -0.2) is 40.1 Å². The topological polar surface area (TPSA) is 57.2 Å². The second-order valence-electron chi connectivity index (χ2n) is 5.42. The minimum Gasteiger partial charge on any atom is -0.493 e. The molecular formula is C15H23NO5. The fourth-order valence-corrected chi connectivity index (χ4v) is 1.70. The average Bonchev–Trinajstić information content (AvgIpc) is 2.42. The third-order valence-electron chi connectivity index (χ3n) is 2.70. The van der Waals surface area contributed by atoms with E-state index in [0.29, 0.717) is 22.9 Å². The molecule has 0 spiro atoms. The molecule has 0 atom stereocenters. The molecule has 1 amide bonds. The Morgan fingerprint density at radius 2 is 1.48 bits per heavy atom. The molecule has 0 saturated heterocycles. The Bertz CT molecular complexity index is 482. The van der Waals surface area contributed by atoms with Gasteiger partial charge in [0.1, 0.15) is 5.60 Å². The predicted molar refractivity (Wildman–Crippen MR) is 80.7 cm³/mol. The number of hydrogen-bond acceptors (Lipinski definition) is 5. The highest BCUT2D eigenvalue weighted by Crippen LogP contribution is 2.40. The van der Waals surface area contributed by atoms with E-state index in [1.807, 2.05) is 20.8 Å². The van der Waals surface area contributed by atoms with Crippen molar-refractivity contribution in [3.63, 3.8) is 0 Å². The zero-order valence-corrected chi connectivity index (χ0v) is 13.6. The summed E-state index contributed by atoms with van der Waals surface area (Å²) in [6.45, 7) is 5.44. The minimum atomic E-state index is -0.564. The quantitative estimate of drug-likeness (QED) is 0.854. The maximum absolute atomic E-state index is 12.1. The number of anilines is 1. The van der Waals surface area contributed by atoms with E-state index in [2.05, 4.69) is 0 Å². The molecule has 1 rings (SSSR count). The summed E-state index contributed by atoms with van der Waals surface area (Å²) < 4.78 is 21.1. The van der Waals surface area contributed by atoms with Gasteiger partial charge in [0.2, 0.25) is 5.75 Å². The molecule has 0 aromatic heterocycles. The van der Waals surface area contributed by atoms with Gasteiger partial charge < -0.3 is 18.9 Å². The van der Waals surface area contributed by atoms with Crippen molar-refractivity contribution in [3.05, 3.63) is 12.1 Å². The number of benzene rings is 1. The summed E-state index contributed by atoms with van der Waals surface area (Å²) in [5, 5.41) is 0. The molecule has 0 N–H and O–H groups in total. The van der Waals surface area contributed by atoms with Gasteiger partial charge in [-0.15, -0.1) is 0 Å². The van der Waals surface area contributed by atoms with Crippen LogP contribution >= 0.6 is 0 Å². The molecule has 0 heterocycles. The van der Waals surface area contributed by atoms with Crippen LogP contribution in [0.3, 0.4) is 0 Å². The van der Waals surface area contributed by atoms with Gasteiger partial charge in [-0.3, -0.25) is 4.90 Å². The summed E-state index contributed by atoms with van der Waals surface area (Å²) in [4.78, 5) is 13.5. The minimum absolute atomic E-state index is 0.461. The Hall–Kier alpha value is -2.11. The highest BCUT2D eigenvalue weighted by molar-refractivity contribution is 5.88. The van der Waals surface area contributed by atoms with Gasteiger partial charge in [-0.05, 0) is 20.8 Å². The van der Waals surface area contributed by atoms with E-state index in [1.54, 1.807) is 19.2 Å². The standard InChI is InChI=1S/C15H23NO5/c1-15(2,3)21-14(17)16(4)10-8-11(18-5)13(20-7)12(9-10)19-6/h8-9H,1-7H3. The van der Waals surface area contributed by atoms with Crippen LogP contribution in [0.1, 0.15) is 20.8 Å². The van der Waals surface area contributed by atoms with Gasteiger partial charge in [-0.2, -0.15) is 0 Å². The lowest BCUT2D eigenvalue weighted by Gasteiger charge is -2.25. The maximum atomic E-state index is 12.1. The van der Waals surface area contributed by atoms with Gasteiger partial charge in [-0.25, -0.2) is 4.79 Å². The SMILES string of the molecule is COc1cc(N(C)C(=O)OC(C)(C)C)cc(OC)c1OC. The van der Waals surface area contributed by atoms with Crippen LogP contribution < -0.4 is 19.1 Å². The molecule has 6 heteroatoms. The van der Waals surface area contributed by atoms with Gasteiger partial charge >= 0.3 is 6.09 Å². The predicted octanol–water partition coefficient (Wildman–Crippen LogP) is 3.08. The van der Waals surface area contributed by atoms with E-state index < -0.39 is 11.7 Å². The van der Waals surface area contributed by atoms with Crippen LogP contribution in [0.4, 0.5) is 10.5 Å². The van der Waals surface area contributed by atoms with Crippen LogP contribution in [0.5, 0.6) is 17.2 Å². The van der Waals surface area contributed by atoms with Crippen LogP contribution in [-0.2, 0) is 4.74 Å². The Kier molecular flexibility index (Phi) is 5.29. The van der Waals surface area contributed by atoms with E-state index in [9.17, 15) is 4.79 Å². The van der Waals surface area contributed by atoms with E-state index in [4.69, 9.17) is 18.9 Å². The third-order valence-corrected chi connectivity index (χ3v) is 2.70.